The summed E-state index contributed by atoms with van der Waals surface area (Å²) >= 11 is 0. The molecule has 20 heavy (non-hydrogen) atoms. The minimum absolute atomic E-state index is 0.138. The van der Waals surface area contributed by atoms with Gasteiger partial charge in [-0.2, -0.15) is 0 Å². The van der Waals surface area contributed by atoms with Gasteiger partial charge in [-0.1, -0.05) is 37.3 Å². The zero-order valence-electron chi connectivity index (χ0n) is 12.6. The summed E-state index contributed by atoms with van der Waals surface area (Å²) in [6.45, 7) is 6.39. The maximum Gasteiger partial charge on any atom is 0.0549 e. The summed E-state index contributed by atoms with van der Waals surface area (Å²) in [4.78, 5) is 2.54. The Balaban J connectivity index is 1.63. The molecule has 2 N–H and O–H groups in total. The van der Waals surface area contributed by atoms with Gasteiger partial charge < -0.3 is 10.4 Å². The number of rotatable bonds is 7. The van der Waals surface area contributed by atoms with Crippen molar-refractivity contribution in [2.45, 2.75) is 51.3 Å². The van der Waals surface area contributed by atoms with Gasteiger partial charge in [-0.15, -0.1) is 0 Å². The van der Waals surface area contributed by atoms with E-state index < -0.39 is 0 Å². The fourth-order valence-corrected chi connectivity index (χ4v) is 2.80. The highest BCUT2D eigenvalue weighted by Gasteiger charge is 2.18. The normalized spacial score (nSPS) is 19.1. The predicted molar refractivity (Wildman–Crippen MR) is 83.7 cm³/mol. The Hall–Kier alpha value is -0.900. The monoisotopic (exact) mass is 276 g/mol. The molecule has 1 fully saturated rings. The highest BCUT2D eigenvalue weighted by Crippen LogP contribution is 2.13. The van der Waals surface area contributed by atoms with Crippen molar-refractivity contribution in [2.24, 2.45) is 0 Å². The molecule has 1 saturated heterocycles. The van der Waals surface area contributed by atoms with Crippen LogP contribution in [0.2, 0.25) is 0 Å². The largest absolute Gasteiger partial charge is 0.393 e. The zero-order valence-corrected chi connectivity index (χ0v) is 12.6. The number of nitrogens with one attached hydrogen (secondary N) is 1. The maximum atomic E-state index is 9.55. The number of aliphatic hydroxyl groups is 1. The SMILES string of the molecule is CCC(O)CCNC1CCN(Cc2ccccc2)CC1. The van der Waals surface area contributed by atoms with Crippen LogP contribution in [0.3, 0.4) is 0 Å². The molecular weight excluding hydrogens is 248 g/mol. The first-order valence-corrected chi connectivity index (χ1v) is 7.95. The lowest BCUT2D eigenvalue weighted by molar-refractivity contribution is 0.152. The lowest BCUT2D eigenvalue weighted by Gasteiger charge is -2.32. The van der Waals surface area contributed by atoms with Crippen molar-refractivity contribution in [2.75, 3.05) is 19.6 Å². The summed E-state index contributed by atoms with van der Waals surface area (Å²) in [5.74, 6) is 0. The molecule has 1 aromatic rings. The highest BCUT2D eigenvalue weighted by molar-refractivity contribution is 5.14. The van der Waals surface area contributed by atoms with Crippen LogP contribution >= 0.6 is 0 Å². The average molecular weight is 276 g/mol. The topological polar surface area (TPSA) is 35.5 Å². The third-order valence-electron chi connectivity index (χ3n) is 4.22. The van der Waals surface area contributed by atoms with Crippen molar-refractivity contribution in [1.29, 1.82) is 0 Å². The van der Waals surface area contributed by atoms with Gasteiger partial charge in [0.25, 0.3) is 0 Å². The third-order valence-corrected chi connectivity index (χ3v) is 4.22. The molecule has 112 valence electrons. The average Bonchev–Trinajstić information content (AvgIpc) is 2.50. The van der Waals surface area contributed by atoms with Crippen LogP contribution in [0.5, 0.6) is 0 Å². The van der Waals surface area contributed by atoms with E-state index in [9.17, 15) is 5.11 Å². The molecule has 1 heterocycles. The number of likely N-dealkylation sites (tertiary alicyclic amines) is 1. The van der Waals surface area contributed by atoms with Crippen LogP contribution < -0.4 is 5.32 Å². The van der Waals surface area contributed by atoms with Crippen molar-refractivity contribution >= 4 is 0 Å². The minimum Gasteiger partial charge on any atom is -0.393 e. The Labute approximate surface area is 123 Å². The Morgan fingerprint density at radius 3 is 2.60 bits per heavy atom. The number of piperidine rings is 1. The predicted octanol–water partition coefficient (Wildman–Crippen LogP) is 2.40. The number of aliphatic hydroxyl groups excluding tert-OH is 1. The molecule has 0 saturated carbocycles. The molecule has 0 bridgehead atoms. The van der Waals surface area contributed by atoms with E-state index in [-0.39, 0.29) is 6.10 Å². The lowest BCUT2D eigenvalue weighted by Crippen LogP contribution is -2.42. The molecular formula is C17H28N2O. The number of benzene rings is 1. The first-order valence-electron chi connectivity index (χ1n) is 7.95. The van der Waals surface area contributed by atoms with Gasteiger partial charge in [0.15, 0.2) is 0 Å². The van der Waals surface area contributed by atoms with Gasteiger partial charge >= 0.3 is 0 Å². The van der Waals surface area contributed by atoms with Crippen LogP contribution in [0, 0.1) is 0 Å². The van der Waals surface area contributed by atoms with Gasteiger partial charge in [0.1, 0.15) is 0 Å². The summed E-state index contributed by atoms with van der Waals surface area (Å²) in [5.41, 5.74) is 1.41. The van der Waals surface area contributed by atoms with E-state index >= 15 is 0 Å². The number of nitrogens with zero attached hydrogens (tertiary/aromatic N) is 1. The molecule has 0 amide bonds. The van der Waals surface area contributed by atoms with Crippen LogP contribution in [-0.4, -0.2) is 41.8 Å². The fourth-order valence-electron chi connectivity index (χ4n) is 2.80. The van der Waals surface area contributed by atoms with Gasteiger partial charge in [-0.25, -0.2) is 0 Å². The van der Waals surface area contributed by atoms with E-state index in [1.54, 1.807) is 0 Å². The molecule has 0 spiro atoms. The van der Waals surface area contributed by atoms with Crippen molar-refractivity contribution in [3.63, 3.8) is 0 Å². The smallest absolute Gasteiger partial charge is 0.0549 e. The van der Waals surface area contributed by atoms with Crippen LogP contribution in [0.1, 0.15) is 38.2 Å². The highest BCUT2D eigenvalue weighted by atomic mass is 16.3. The summed E-state index contributed by atoms with van der Waals surface area (Å²) < 4.78 is 0. The van der Waals surface area contributed by atoms with Crippen LogP contribution in [0.15, 0.2) is 30.3 Å². The van der Waals surface area contributed by atoms with E-state index in [0.717, 1.165) is 25.9 Å². The van der Waals surface area contributed by atoms with E-state index in [0.29, 0.717) is 6.04 Å². The van der Waals surface area contributed by atoms with Gasteiger partial charge in [0.2, 0.25) is 0 Å². The second-order valence-electron chi connectivity index (χ2n) is 5.84. The molecule has 0 aliphatic carbocycles. The lowest BCUT2D eigenvalue weighted by atomic mass is 10.0. The van der Waals surface area contributed by atoms with Gasteiger partial charge in [-0.3, -0.25) is 4.90 Å². The molecule has 1 aliphatic rings. The maximum absolute atomic E-state index is 9.55. The molecule has 1 aliphatic heterocycles. The molecule has 1 atom stereocenters. The molecule has 3 nitrogen and oxygen atoms in total. The quantitative estimate of drug-likeness (QED) is 0.803. The van der Waals surface area contributed by atoms with Gasteiger partial charge in [-0.05, 0) is 50.9 Å². The van der Waals surface area contributed by atoms with Crippen LogP contribution in [0.4, 0.5) is 0 Å². The van der Waals surface area contributed by atoms with Gasteiger partial charge in [0, 0.05) is 12.6 Å². The van der Waals surface area contributed by atoms with Crippen LogP contribution in [0.25, 0.3) is 0 Å². The molecule has 1 unspecified atom stereocenters. The third kappa shape index (κ3) is 5.23. The molecule has 0 aromatic heterocycles. The molecule has 1 aromatic carbocycles. The standard InChI is InChI=1S/C17H28N2O/c1-2-17(20)8-11-18-16-9-12-19(13-10-16)14-15-6-4-3-5-7-15/h3-7,16-18,20H,2,8-14H2,1H3. The van der Waals surface area contributed by atoms with Crippen LogP contribution in [-0.2, 0) is 6.54 Å². The first kappa shape index (κ1) is 15.5. The second kappa shape index (κ2) is 8.40. The number of hydrogen-bond donors (Lipinski definition) is 2. The molecule has 2 rings (SSSR count). The van der Waals surface area contributed by atoms with Crippen molar-refractivity contribution < 1.29 is 5.11 Å². The Kier molecular flexibility index (Phi) is 6.51. The minimum atomic E-state index is -0.138. The van der Waals surface area contributed by atoms with Crippen molar-refractivity contribution in [3.8, 4) is 0 Å². The Morgan fingerprint density at radius 1 is 1.25 bits per heavy atom. The molecule has 0 radical (unpaired) electrons. The summed E-state index contributed by atoms with van der Waals surface area (Å²) in [7, 11) is 0. The second-order valence-corrected chi connectivity index (χ2v) is 5.84. The Bertz CT molecular complexity index is 361. The van der Waals surface area contributed by atoms with Crippen molar-refractivity contribution in [3.05, 3.63) is 35.9 Å². The van der Waals surface area contributed by atoms with E-state index in [2.05, 4.69) is 40.5 Å². The fraction of sp³-hybridized carbons (Fsp3) is 0.647. The van der Waals surface area contributed by atoms with Gasteiger partial charge in [0.05, 0.1) is 6.10 Å². The van der Waals surface area contributed by atoms with E-state index in [1.165, 1.54) is 31.5 Å². The summed E-state index contributed by atoms with van der Waals surface area (Å²) in [6.07, 6.45) is 4.03. The zero-order chi connectivity index (χ0) is 14.2. The molecule has 3 heteroatoms. The summed E-state index contributed by atoms with van der Waals surface area (Å²) in [5, 5.41) is 13.1. The van der Waals surface area contributed by atoms with Crippen molar-refractivity contribution in [1.82, 2.24) is 10.2 Å². The Morgan fingerprint density at radius 2 is 1.95 bits per heavy atom. The van der Waals surface area contributed by atoms with E-state index in [4.69, 9.17) is 0 Å². The summed E-state index contributed by atoms with van der Waals surface area (Å²) in [6, 6.07) is 11.3. The van der Waals surface area contributed by atoms with E-state index in [1.807, 2.05) is 6.92 Å². The number of hydrogen-bond acceptors (Lipinski definition) is 3. The first-order chi connectivity index (χ1) is 9.78.